The van der Waals surface area contributed by atoms with Crippen LogP contribution in [0.1, 0.15) is 0 Å². The summed E-state index contributed by atoms with van der Waals surface area (Å²) in [5.41, 5.74) is 5.08. The molecule has 19 heavy (non-hydrogen) atoms. The van der Waals surface area contributed by atoms with E-state index in [9.17, 15) is 9.59 Å². The first kappa shape index (κ1) is 13.0. The molecule has 0 saturated heterocycles. The quantitative estimate of drug-likeness (QED) is 0.515. The number of nitrogen functional groups attached to an aromatic ring is 1. The zero-order valence-electron chi connectivity index (χ0n) is 9.73. The molecule has 0 atom stereocenters. The van der Waals surface area contributed by atoms with Gasteiger partial charge in [-0.15, -0.1) is 5.10 Å². The molecule has 0 amide bonds. The van der Waals surface area contributed by atoms with Crippen molar-refractivity contribution in [3.05, 3.63) is 16.7 Å². The minimum Gasteiger partial charge on any atom is -0.468 e. The number of anilines is 1. The van der Waals surface area contributed by atoms with Gasteiger partial charge in [0.05, 0.1) is 13.4 Å². The third kappa shape index (κ3) is 2.88. The van der Waals surface area contributed by atoms with E-state index >= 15 is 0 Å². The molecule has 0 aliphatic heterocycles. The Morgan fingerprint density at radius 1 is 1.63 bits per heavy atom. The second-order valence-electron chi connectivity index (χ2n) is 3.25. The van der Waals surface area contributed by atoms with Crippen molar-refractivity contribution in [2.75, 3.05) is 12.8 Å². The lowest BCUT2D eigenvalue weighted by atomic mass is 10.5. The normalized spacial score (nSPS) is 10.4. The number of nitrogens with one attached hydrogen (secondary N) is 1. The molecular weight excluding hydrogens is 274 g/mol. The number of aromatic amines is 1. The molecule has 2 aromatic heterocycles. The van der Waals surface area contributed by atoms with Crippen LogP contribution in [-0.4, -0.2) is 43.3 Å². The van der Waals surface area contributed by atoms with Gasteiger partial charge in [-0.1, -0.05) is 0 Å². The minimum atomic E-state index is -0.499. The van der Waals surface area contributed by atoms with Gasteiger partial charge >= 0.3 is 5.97 Å². The van der Waals surface area contributed by atoms with Crippen molar-refractivity contribution in [2.45, 2.75) is 16.7 Å². The van der Waals surface area contributed by atoms with Crippen LogP contribution in [0.25, 0.3) is 0 Å². The summed E-state index contributed by atoms with van der Waals surface area (Å²) in [6.45, 7) is -0.144. The number of rotatable bonds is 4. The lowest BCUT2D eigenvalue weighted by Gasteiger charge is -2.03. The first-order valence-corrected chi connectivity index (χ1v) is 5.77. The molecule has 0 spiro atoms. The molecule has 0 fully saturated rings. The van der Waals surface area contributed by atoms with Gasteiger partial charge < -0.3 is 15.5 Å². The molecule has 2 rings (SSSR count). The Kier molecular flexibility index (Phi) is 3.75. The topological polar surface area (TPSA) is 142 Å². The summed E-state index contributed by atoms with van der Waals surface area (Å²) in [6.07, 6.45) is 1.22. The third-order valence-corrected chi connectivity index (χ3v) is 3.04. The van der Waals surface area contributed by atoms with E-state index in [1.54, 1.807) is 0 Å². The van der Waals surface area contributed by atoms with Crippen LogP contribution in [0.4, 0.5) is 5.69 Å². The fraction of sp³-hybridized carbons (Fsp3) is 0.250. The van der Waals surface area contributed by atoms with Gasteiger partial charge in [0.2, 0.25) is 5.16 Å². The maximum Gasteiger partial charge on any atom is 0.327 e. The number of methoxy groups -OCH3 is 1. The van der Waals surface area contributed by atoms with Gasteiger partial charge in [0.25, 0.3) is 5.56 Å². The highest BCUT2D eigenvalue weighted by Gasteiger charge is 2.15. The second-order valence-corrected chi connectivity index (χ2v) is 4.20. The minimum absolute atomic E-state index is 0.0416. The Labute approximate surface area is 110 Å². The fourth-order valence-corrected chi connectivity index (χ4v) is 1.88. The lowest BCUT2D eigenvalue weighted by Crippen LogP contribution is -2.15. The number of esters is 1. The summed E-state index contributed by atoms with van der Waals surface area (Å²) in [6, 6.07) is 0. The Hall–Kier alpha value is -2.43. The van der Waals surface area contributed by atoms with E-state index in [0.717, 1.165) is 11.8 Å². The van der Waals surface area contributed by atoms with Crippen LogP contribution in [0.3, 0.4) is 0 Å². The summed E-state index contributed by atoms with van der Waals surface area (Å²) in [4.78, 5) is 28.7. The second kappa shape index (κ2) is 5.48. The molecule has 2 aromatic rings. The Balaban J connectivity index is 2.24. The Morgan fingerprint density at radius 2 is 2.42 bits per heavy atom. The highest BCUT2D eigenvalue weighted by molar-refractivity contribution is 7.99. The monoisotopic (exact) mass is 283 g/mol. The van der Waals surface area contributed by atoms with E-state index in [1.165, 1.54) is 18.1 Å². The molecule has 0 aromatic carbocycles. The van der Waals surface area contributed by atoms with Crippen molar-refractivity contribution in [1.29, 1.82) is 0 Å². The predicted molar refractivity (Wildman–Crippen MR) is 63.2 cm³/mol. The molecule has 100 valence electrons. The average molecular weight is 283 g/mol. The lowest BCUT2D eigenvalue weighted by molar-refractivity contribution is -0.141. The van der Waals surface area contributed by atoms with Crippen LogP contribution >= 0.6 is 11.8 Å². The number of carbonyl (C=O) groups excluding carboxylic acids is 1. The van der Waals surface area contributed by atoms with Crippen molar-refractivity contribution in [2.24, 2.45) is 0 Å². The molecule has 0 bridgehead atoms. The predicted octanol–water partition coefficient (Wildman–Crippen LogP) is -1.34. The van der Waals surface area contributed by atoms with Gasteiger partial charge in [-0.25, -0.2) is 9.67 Å². The maximum atomic E-state index is 11.3. The largest absolute Gasteiger partial charge is 0.468 e. The van der Waals surface area contributed by atoms with E-state index in [1.807, 2.05) is 0 Å². The number of nitrogens with zero attached hydrogens (tertiary/aromatic N) is 5. The number of hydrogen-bond donors (Lipinski definition) is 2. The Morgan fingerprint density at radius 3 is 3.16 bits per heavy atom. The standard InChI is InChI=1S/C8H9N7O3S/c1-18-4(16)2-15-8(12-13-14-15)19-7-5(9)6(17)10-3-11-7/h3H,2,9H2,1H3,(H,10,11,17). The number of tetrazole rings is 1. The number of ether oxygens (including phenoxy) is 1. The van der Waals surface area contributed by atoms with Gasteiger partial charge in [-0.2, -0.15) is 0 Å². The molecule has 3 N–H and O–H groups in total. The maximum absolute atomic E-state index is 11.3. The third-order valence-electron chi connectivity index (χ3n) is 2.05. The molecule has 11 heteroatoms. The van der Waals surface area contributed by atoms with E-state index in [2.05, 4.69) is 30.2 Å². The first-order valence-electron chi connectivity index (χ1n) is 4.96. The summed E-state index contributed by atoms with van der Waals surface area (Å²) < 4.78 is 5.73. The van der Waals surface area contributed by atoms with Crippen molar-refractivity contribution in [1.82, 2.24) is 30.2 Å². The van der Waals surface area contributed by atoms with Gasteiger partial charge in [-0.3, -0.25) is 9.59 Å². The number of carbonyl (C=O) groups is 1. The summed E-state index contributed by atoms with van der Waals surface area (Å²) >= 11 is 0.977. The smallest absolute Gasteiger partial charge is 0.327 e. The average Bonchev–Trinajstić information content (AvgIpc) is 2.82. The summed E-state index contributed by atoms with van der Waals surface area (Å²) in [5.74, 6) is -0.499. The number of H-pyrrole nitrogens is 1. The zero-order valence-corrected chi connectivity index (χ0v) is 10.5. The molecule has 10 nitrogen and oxygen atoms in total. The SMILES string of the molecule is COC(=O)Cn1nnnc1Sc1nc[nH]c(=O)c1N. The van der Waals surface area contributed by atoms with Gasteiger partial charge in [0.15, 0.2) is 0 Å². The van der Waals surface area contributed by atoms with Crippen LogP contribution in [0.2, 0.25) is 0 Å². The highest BCUT2D eigenvalue weighted by Crippen LogP contribution is 2.25. The molecule has 0 aliphatic rings. The van der Waals surface area contributed by atoms with Gasteiger partial charge in [-0.05, 0) is 22.2 Å². The molecule has 0 radical (unpaired) electrons. The van der Waals surface area contributed by atoms with E-state index in [0.29, 0.717) is 0 Å². The van der Waals surface area contributed by atoms with Gasteiger partial charge in [0.1, 0.15) is 17.3 Å². The van der Waals surface area contributed by atoms with Gasteiger partial charge in [0, 0.05) is 0 Å². The van der Waals surface area contributed by atoms with Crippen molar-refractivity contribution < 1.29 is 9.53 Å². The molecule has 0 saturated carbocycles. The molecule has 0 aliphatic carbocycles. The van der Waals surface area contributed by atoms with Crippen LogP contribution in [0.5, 0.6) is 0 Å². The summed E-state index contributed by atoms with van der Waals surface area (Å²) in [5, 5.41) is 11.3. The number of hydrogen-bond acceptors (Lipinski definition) is 9. The van der Waals surface area contributed by atoms with E-state index in [-0.39, 0.29) is 22.4 Å². The van der Waals surface area contributed by atoms with Crippen LogP contribution in [0.15, 0.2) is 21.3 Å². The molecule has 2 heterocycles. The van der Waals surface area contributed by atoms with E-state index < -0.39 is 11.5 Å². The van der Waals surface area contributed by atoms with Crippen LogP contribution in [-0.2, 0) is 16.1 Å². The van der Waals surface area contributed by atoms with Crippen molar-refractivity contribution >= 4 is 23.4 Å². The van der Waals surface area contributed by atoms with Crippen LogP contribution < -0.4 is 11.3 Å². The fourth-order valence-electron chi connectivity index (χ4n) is 1.12. The van der Waals surface area contributed by atoms with Crippen LogP contribution in [0, 0.1) is 0 Å². The number of aromatic nitrogens is 6. The zero-order chi connectivity index (χ0) is 13.8. The number of nitrogens with two attached hydrogens (primary N) is 1. The van der Waals surface area contributed by atoms with E-state index in [4.69, 9.17) is 5.73 Å². The Bertz CT molecular complexity index is 652. The van der Waals surface area contributed by atoms with Crippen molar-refractivity contribution in [3.8, 4) is 0 Å². The molecule has 0 unspecified atom stereocenters. The summed E-state index contributed by atoms with van der Waals surface area (Å²) in [7, 11) is 1.26. The highest BCUT2D eigenvalue weighted by atomic mass is 32.2. The molecular formula is C8H9N7O3S. The first-order chi connectivity index (χ1) is 9.11. The van der Waals surface area contributed by atoms with Crippen molar-refractivity contribution in [3.63, 3.8) is 0 Å².